The average Bonchev–Trinajstić information content (AvgIpc) is 1.97. The topological polar surface area (TPSA) is 40.5 Å². The Morgan fingerprint density at radius 1 is 1.27 bits per heavy atom. The van der Waals surface area contributed by atoms with Crippen LogP contribution in [0.3, 0.4) is 0 Å². The number of hydrogen-bond donors (Lipinski definition) is 2. The molecule has 0 aromatic carbocycles. The van der Waals surface area contributed by atoms with Crippen LogP contribution in [0.25, 0.3) is 11.1 Å². The molecule has 1 radical (unpaired) electrons. The van der Waals surface area contributed by atoms with Gasteiger partial charge in [-0.2, -0.15) is 0 Å². The van der Waals surface area contributed by atoms with Crippen molar-refractivity contribution in [3.63, 3.8) is 0 Å². The Morgan fingerprint density at radius 2 is 1.82 bits per heavy atom. The summed E-state index contributed by atoms with van der Waals surface area (Å²) in [7, 11) is 0. The summed E-state index contributed by atoms with van der Waals surface area (Å²) in [6, 6.07) is 3.98. The van der Waals surface area contributed by atoms with Gasteiger partial charge in [0.25, 0.3) is 0 Å². The van der Waals surface area contributed by atoms with Gasteiger partial charge in [0.1, 0.15) is 0 Å². The Morgan fingerprint density at radius 3 is 1.91 bits per heavy atom. The van der Waals surface area contributed by atoms with Crippen molar-refractivity contribution in [3.8, 4) is 11.1 Å². The molecule has 0 spiro atoms. The van der Waals surface area contributed by atoms with Crippen LogP contribution in [0.15, 0.2) is 16.6 Å². The molecule has 2 aliphatic carbocycles. The zero-order chi connectivity index (χ0) is 8.43. The van der Waals surface area contributed by atoms with E-state index in [0.717, 1.165) is 5.02 Å². The Hall–Kier alpha value is -0.0251. The molecule has 2 N–H and O–H groups in total. The second kappa shape index (κ2) is 3.58. The molecule has 2 rings (SSSR count). The lowest BCUT2D eigenvalue weighted by Crippen LogP contribution is -1.93. The second-order valence-corrected chi connectivity index (χ2v) is 3.19. The zero-order valence-corrected chi connectivity index (χ0v) is 7.72. The van der Waals surface area contributed by atoms with Crippen molar-refractivity contribution in [1.29, 1.82) is 0 Å². The molecule has 57 valence electrons. The van der Waals surface area contributed by atoms with Crippen molar-refractivity contribution in [2.75, 3.05) is 0 Å². The summed E-state index contributed by atoms with van der Waals surface area (Å²) in [5.74, 6) is 0. The van der Waals surface area contributed by atoms with Crippen LogP contribution in [0.4, 0.5) is 0 Å². The highest BCUT2D eigenvalue weighted by molar-refractivity contribution is 9.10. The van der Waals surface area contributed by atoms with Crippen LogP contribution in [-0.2, 0) is 0 Å². The molecule has 0 unspecified atom stereocenters. The van der Waals surface area contributed by atoms with E-state index in [1.54, 1.807) is 0 Å². The molecule has 0 aromatic heterocycles. The van der Waals surface area contributed by atoms with E-state index in [-0.39, 0.29) is 7.69 Å². The highest BCUT2D eigenvalue weighted by Crippen LogP contribution is 2.47. The van der Waals surface area contributed by atoms with Gasteiger partial charge in [0.15, 0.2) is 0 Å². The van der Waals surface area contributed by atoms with Crippen molar-refractivity contribution in [1.82, 2.24) is 0 Å². The first-order chi connectivity index (χ1) is 5.20. The van der Waals surface area contributed by atoms with Gasteiger partial charge in [-0.15, -0.1) is 0 Å². The van der Waals surface area contributed by atoms with Crippen molar-refractivity contribution >= 4 is 35.2 Å². The van der Waals surface area contributed by atoms with E-state index in [9.17, 15) is 0 Å². The van der Waals surface area contributed by atoms with Gasteiger partial charge in [-0.25, -0.2) is 0 Å². The van der Waals surface area contributed by atoms with E-state index in [2.05, 4.69) is 15.9 Å². The van der Waals surface area contributed by atoms with Crippen LogP contribution in [-0.4, -0.2) is 17.7 Å². The van der Waals surface area contributed by atoms with Gasteiger partial charge in [-0.1, -0.05) is 27.5 Å². The molecule has 0 fully saturated rings. The largest absolute Gasteiger partial charge is 0.482 e. The Balaban J connectivity index is 0.000000179. The van der Waals surface area contributed by atoms with E-state index < -0.39 is 0 Å². The minimum atomic E-state index is 0. The van der Waals surface area contributed by atoms with Gasteiger partial charge in [-0.3, -0.25) is 0 Å². The lowest BCUT2D eigenvalue weighted by Gasteiger charge is -2.19. The van der Waals surface area contributed by atoms with Gasteiger partial charge in [0, 0.05) is 15.1 Å². The fourth-order valence-corrected chi connectivity index (χ4v) is 1.63. The van der Waals surface area contributed by atoms with Gasteiger partial charge < -0.3 is 10.0 Å². The summed E-state index contributed by atoms with van der Waals surface area (Å²) in [5, 5.41) is 14.9. The lowest BCUT2D eigenvalue weighted by molar-refractivity contribution is 0.448. The minimum absolute atomic E-state index is 0. The molecule has 0 saturated carbocycles. The highest BCUT2D eigenvalue weighted by Gasteiger charge is 2.19. The molecule has 0 aliphatic heterocycles. The average molecular weight is 234 g/mol. The molecule has 5 heteroatoms. The summed E-state index contributed by atoms with van der Waals surface area (Å²) in [6.07, 6.45) is 0. The fourth-order valence-electron chi connectivity index (χ4n) is 0.804. The minimum Gasteiger partial charge on any atom is -0.429 e. The number of hydrogen-bond acceptors (Lipinski definition) is 2. The molecule has 2 nitrogen and oxygen atoms in total. The summed E-state index contributed by atoms with van der Waals surface area (Å²) < 4.78 is 1.18. The molecule has 0 atom stereocenters. The fraction of sp³-hybridized carbons (Fsp3) is 0. The Labute approximate surface area is 78.2 Å². The smallest absolute Gasteiger partial charge is 0.429 e. The number of benzene rings is 1. The van der Waals surface area contributed by atoms with Crippen LogP contribution in [0, 0.1) is 0 Å². The van der Waals surface area contributed by atoms with Crippen molar-refractivity contribution < 1.29 is 10.0 Å². The number of rotatable bonds is 0. The highest BCUT2D eigenvalue weighted by atomic mass is 79.9. The first-order valence-electron chi connectivity index (χ1n) is 2.80. The molecule has 2 aliphatic rings. The first kappa shape index (κ1) is 9.07. The summed E-state index contributed by atoms with van der Waals surface area (Å²) in [4.78, 5) is 0. The normalized spacial score (nSPS) is 9.82. The maximum atomic E-state index is 7.00. The Bertz CT molecular complexity index is 252. The quantitative estimate of drug-likeness (QED) is 0.680. The molecule has 0 heterocycles. The van der Waals surface area contributed by atoms with Crippen molar-refractivity contribution in [2.45, 2.75) is 0 Å². The predicted octanol–water partition coefficient (Wildman–Crippen LogP) is 1.59. The Kier molecular flexibility index (Phi) is 2.95. The van der Waals surface area contributed by atoms with Gasteiger partial charge in [-0.05, 0) is 17.7 Å². The van der Waals surface area contributed by atoms with Crippen molar-refractivity contribution in [3.05, 3.63) is 21.6 Å². The third-order valence-electron chi connectivity index (χ3n) is 1.35. The standard InChI is InChI=1S/C6H2BrCl.BH2O2/c7-5-1-4-3(5)2-6(4)8;2-1-3/h1-2H;2-3H. The second-order valence-electron chi connectivity index (χ2n) is 1.93. The molecular weight excluding hydrogens is 230 g/mol. The van der Waals surface area contributed by atoms with E-state index >= 15 is 0 Å². The maximum Gasteiger partial charge on any atom is 0.482 e. The zero-order valence-electron chi connectivity index (χ0n) is 5.38. The molecular formula is C6H4BBrClO2. The number of fused-ring (bicyclic) bond motifs is 1. The van der Waals surface area contributed by atoms with Gasteiger partial charge in [0.2, 0.25) is 0 Å². The third kappa shape index (κ3) is 1.59. The third-order valence-corrected chi connectivity index (χ3v) is 2.32. The molecule has 11 heavy (non-hydrogen) atoms. The molecule has 0 saturated heterocycles. The van der Waals surface area contributed by atoms with Crippen LogP contribution >= 0.6 is 27.5 Å². The van der Waals surface area contributed by atoms with Crippen LogP contribution < -0.4 is 0 Å². The summed E-state index contributed by atoms with van der Waals surface area (Å²) in [5.41, 5.74) is 2.48. The lowest BCUT2D eigenvalue weighted by atomic mass is 9.94. The van der Waals surface area contributed by atoms with Gasteiger partial charge in [0.05, 0.1) is 0 Å². The van der Waals surface area contributed by atoms with Gasteiger partial charge >= 0.3 is 7.69 Å². The first-order valence-corrected chi connectivity index (χ1v) is 3.97. The molecule has 0 aromatic rings. The van der Waals surface area contributed by atoms with Crippen LogP contribution in [0.5, 0.6) is 0 Å². The predicted molar refractivity (Wildman–Crippen MR) is 48.3 cm³/mol. The molecule has 0 amide bonds. The monoisotopic (exact) mass is 233 g/mol. The molecule has 0 bridgehead atoms. The maximum absolute atomic E-state index is 7.00. The summed E-state index contributed by atoms with van der Waals surface area (Å²) in [6.45, 7) is 0. The van der Waals surface area contributed by atoms with E-state index in [0.29, 0.717) is 0 Å². The van der Waals surface area contributed by atoms with Crippen LogP contribution in [0.2, 0.25) is 5.02 Å². The van der Waals surface area contributed by atoms with E-state index in [1.807, 2.05) is 12.1 Å². The summed E-state index contributed by atoms with van der Waals surface area (Å²) >= 11 is 8.99. The van der Waals surface area contributed by atoms with E-state index in [4.69, 9.17) is 21.6 Å². The number of halogens is 2. The van der Waals surface area contributed by atoms with Crippen LogP contribution in [0.1, 0.15) is 0 Å². The van der Waals surface area contributed by atoms with Crippen molar-refractivity contribution in [2.24, 2.45) is 0 Å². The van der Waals surface area contributed by atoms with E-state index in [1.165, 1.54) is 15.6 Å². The SMILES string of the molecule is Clc1cc2c(Br)cc1-2.O[B]O.